The summed E-state index contributed by atoms with van der Waals surface area (Å²) in [6, 6.07) is 29.6. The van der Waals surface area contributed by atoms with Crippen LogP contribution in [0.25, 0.3) is 10.8 Å². The van der Waals surface area contributed by atoms with E-state index in [1.807, 2.05) is 60.7 Å². The average molecular weight is 594 g/mol. The molecule has 4 aromatic carbocycles. The van der Waals surface area contributed by atoms with Crippen LogP contribution in [0.5, 0.6) is 5.75 Å². The molecule has 0 bridgehead atoms. The van der Waals surface area contributed by atoms with Gasteiger partial charge in [0.2, 0.25) is 11.8 Å². The minimum Gasteiger partial charge on any atom is -0.484 e. The number of aromatic amines is 1. The Morgan fingerprint density at radius 3 is 2.38 bits per heavy atom. The number of H-pyrrole nitrogens is 1. The fraction of sp³-hybridized carbons (Fsp3) is 0.125. The first-order chi connectivity index (χ1) is 20.5. The van der Waals surface area contributed by atoms with Crippen molar-refractivity contribution < 1.29 is 19.1 Å². The predicted molar refractivity (Wildman–Crippen MR) is 163 cm³/mol. The molecule has 3 heterocycles. The molecule has 0 radical (unpaired) electrons. The Hall–Kier alpha value is -4.67. The highest BCUT2D eigenvalue weighted by Gasteiger charge is 2.56. The summed E-state index contributed by atoms with van der Waals surface area (Å²) < 4.78 is 5.74. The number of hydrogen-bond acceptors (Lipinski definition) is 7. The lowest BCUT2D eigenvalue weighted by Gasteiger charge is -2.29. The molecule has 1 saturated heterocycles. The third-order valence-corrected chi connectivity index (χ3v) is 9.88. The summed E-state index contributed by atoms with van der Waals surface area (Å²) >= 11 is 2.31. The summed E-state index contributed by atoms with van der Waals surface area (Å²) in [4.78, 5) is 56.7. The largest absolute Gasteiger partial charge is 0.484 e. The van der Waals surface area contributed by atoms with Gasteiger partial charge in [0.25, 0.3) is 5.91 Å². The number of thioether (sulfide) groups is 1. The third kappa shape index (κ3) is 4.68. The van der Waals surface area contributed by atoms with Crippen LogP contribution in [-0.4, -0.2) is 34.6 Å². The van der Waals surface area contributed by atoms with Gasteiger partial charge in [0.1, 0.15) is 11.0 Å². The van der Waals surface area contributed by atoms with E-state index in [1.54, 1.807) is 36.4 Å². The van der Waals surface area contributed by atoms with Crippen LogP contribution in [0.2, 0.25) is 0 Å². The number of carbonyl (C=O) groups excluding carboxylic acids is 3. The second kappa shape index (κ2) is 10.6. The topological polar surface area (TPSA) is 109 Å². The lowest BCUT2D eigenvalue weighted by atomic mass is 9.83. The van der Waals surface area contributed by atoms with E-state index in [9.17, 15) is 19.2 Å². The number of aromatic nitrogens is 1. The Labute approximate surface area is 248 Å². The molecule has 0 saturated carbocycles. The average Bonchev–Trinajstić information content (AvgIpc) is 3.50. The molecule has 7 rings (SSSR count). The Morgan fingerprint density at radius 1 is 0.857 bits per heavy atom. The minimum atomic E-state index is -0.666. The summed E-state index contributed by atoms with van der Waals surface area (Å²) in [5, 5.41) is 4.94. The van der Waals surface area contributed by atoms with Crippen molar-refractivity contribution in [2.45, 2.75) is 16.2 Å². The highest BCUT2D eigenvalue weighted by molar-refractivity contribution is 8.00. The highest BCUT2D eigenvalue weighted by Crippen LogP contribution is 2.53. The molecular formula is C32H23N3O5S2. The van der Waals surface area contributed by atoms with Gasteiger partial charge in [-0.25, -0.2) is 4.90 Å². The number of anilines is 2. The molecule has 0 aliphatic carbocycles. The molecule has 2 aliphatic rings. The predicted octanol–water partition coefficient (Wildman–Crippen LogP) is 5.40. The summed E-state index contributed by atoms with van der Waals surface area (Å²) in [6.45, 7) is -0.181. The summed E-state index contributed by atoms with van der Waals surface area (Å²) in [6.07, 6.45) is 0. The fourth-order valence-corrected chi connectivity index (χ4v) is 8.11. The molecule has 8 nitrogen and oxygen atoms in total. The van der Waals surface area contributed by atoms with E-state index in [0.29, 0.717) is 22.2 Å². The molecule has 1 aromatic heterocycles. The van der Waals surface area contributed by atoms with Crippen LogP contribution < -0.4 is 19.8 Å². The maximum Gasteiger partial charge on any atom is 0.305 e. The van der Waals surface area contributed by atoms with E-state index >= 15 is 0 Å². The summed E-state index contributed by atoms with van der Waals surface area (Å²) in [5.41, 5.74) is 2.00. The van der Waals surface area contributed by atoms with Gasteiger partial charge in [0.05, 0.1) is 16.6 Å². The van der Waals surface area contributed by atoms with Crippen LogP contribution >= 0.6 is 23.1 Å². The van der Waals surface area contributed by atoms with Crippen LogP contribution in [0, 0.1) is 5.92 Å². The van der Waals surface area contributed by atoms with Crippen molar-refractivity contribution >= 4 is 63.0 Å². The number of nitrogens with zero attached hydrogens (tertiary/aromatic N) is 1. The lowest BCUT2D eigenvalue weighted by molar-refractivity contribution is -0.122. The molecule has 3 atom stereocenters. The van der Waals surface area contributed by atoms with Crippen molar-refractivity contribution in [1.82, 2.24) is 4.98 Å². The summed E-state index contributed by atoms with van der Waals surface area (Å²) in [7, 11) is 0. The quantitative estimate of drug-likeness (QED) is 0.255. The molecule has 0 spiro atoms. The number of fused-ring (bicyclic) bond motifs is 3. The van der Waals surface area contributed by atoms with Gasteiger partial charge < -0.3 is 15.0 Å². The molecule has 1 fully saturated rings. The van der Waals surface area contributed by atoms with Crippen molar-refractivity contribution in [1.29, 1.82) is 0 Å². The summed E-state index contributed by atoms with van der Waals surface area (Å²) in [5.74, 6) is -1.53. The fourth-order valence-electron chi connectivity index (χ4n) is 5.59. The maximum absolute atomic E-state index is 13.8. The van der Waals surface area contributed by atoms with Crippen LogP contribution in [0.3, 0.4) is 0 Å². The molecule has 42 heavy (non-hydrogen) atoms. The van der Waals surface area contributed by atoms with Crippen molar-refractivity contribution in [2.24, 2.45) is 5.92 Å². The Bertz CT molecular complexity index is 1900. The number of rotatable bonds is 6. The van der Waals surface area contributed by atoms with Gasteiger partial charge in [0, 0.05) is 16.5 Å². The van der Waals surface area contributed by atoms with Crippen molar-refractivity contribution in [2.75, 3.05) is 16.8 Å². The SMILES string of the molecule is O=C(COc1ccc([C@@H]2c3sc(=O)[nH]c3S[C@H]3C(=O)N(c4ccccc4)C(=O)[C@@H]23)cc1)Nc1ccc2ccccc2c1. The van der Waals surface area contributed by atoms with E-state index in [0.717, 1.165) is 32.5 Å². The zero-order valence-electron chi connectivity index (χ0n) is 22.0. The zero-order valence-corrected chi connectivity index (χ0v) is 23.6. The first kappa shape index (κ1) is 26.2. The number of benzene rings is 4. The van der Waals surface area contributed by atoms with Crippen molar-refractivity contribution in [3.05, 3.63) is 117 Å². The number of nitrogens with one attached hydrogen (secondary N) is 2. The van der Waals surface area contributed by atoms with Gasteiger partial charge in [0.15, 0.2) is 6.61 Å². The maximum atomic E-state index is 13.8. The van der Waals surface area contributed by atoms with Gasteiger partial charge in [-0.2, -0.15) is 0 Å². The molecule has 208 valence electrons. The number of thiazole rings is 1. The number of hydrogen-bond donors (Lipinski definition) is 2. The molecule has 0 unspecified atom stereocenters. The monoisotopic (exact) mass is 593 g/mol. The normalized spacial score (nSPS) is 19.4. The Kier molecular flexibility index (Phi) is 6.64. The smallest absolute Gasteiger partial charge is 0.305 e. The van der Waals surface area contributed by atoms with Crippen LogP contribution in [-0.2, 0) is 14.4 Å². The highest BCUT2D eigenvalue weighted by atomic mass is 32.2. The van der Waals surface area contributed by atoms with Crippen LogP contribution in [0.1, 0.15) is 16.4 Å². The van der Waals surface area contributed by atoms with Gasteiger partial charge in [-0.15, -0.1) is 0 Å². The third-order valence-electron chi connectivity index (χ3n) is 7.48. The first-order valence-electron chi connectivity index (χ1n) is 13.3. The molecule has 3 amide bonds. The van der Waals surface area contributed by atoms with Gasteiger partial charge in [-0.3, -0.25) is 19.2 Å². The second-order valence-corrected chi connectivity index (χ2v) is 12.2. The molecule has 5 aromatic rings. The van der Waals surface area contributed by atoms with E-state index in [2.05, 4.69) is 10.3 Å². The van der Waals surface area contributed by atoms with Crippen molar-refractivity contribution in [3.8, 4) is 5.75 Å². The van der Waals surface area contributed by atoms with Gasteiger partial charge in [-0.1, -0.05) is 83.8 Å². The standard InChI is InChI=1S/C32H23N3O5S2/c36-24(33-21-13-10-18-6-4-5-7-20(18)16-21)17-40-23-14-11-19(12-15-23)25-26-28(41-29-27(25)42-32(39)34-29)31(38)35(30(26)37)22-8-2-1-3-9-22/h1-16,25-26,28H,17H2,(H,33,36)(H,34,39)/t25-,26-,28+/m0/s1. The number of imide groups is 1. The lowest BCUT2D eigenvalue weighted by Crippen LogP contribution is -2.32. The number of para-hydroxylation sites is 1. The number of carbonyl (C=O) groups is 3. The van der Waals surface area contributed by atoms with E-state index in [4.69, 9.17) is 4.74 Å². The molecule has 2 aliphatic heterocycles. The molecular weight excluding hydrogens is 571 g/mol. The van der Waals surface area contributed by atoms with Crippen LogP contribution in [0.15, 0.2) is 107 Å². The van der Waals surface area contributed by atoms with Crippen LogP contribution in [0.4, 0.5) is 11.4 Å². The van der Waals surface area contributed by atoms with E-state index in [1.165, 1.54) is 16.7 Å². The molecule has 10 heteroatoms. The minimum absolute atomic E-state index is 0.181. The first-order valence-corrected chi connectivity index (χ1v) is 15.0. The van der Waals surface area contributed by atoms with E-state index < -0.39 is 17.1 Å². The Morgan fingerprint density at radius 2 is 1.60 bits per heavy atom. The number of ether oxygens (including phenoxy) is 1. The number of amides is 3. The second-order valence-electron chi connectivity index (χ2n) is 10.1. The van der Waals surface area contributed by atoms with E-state index in [-0.39, 0.29) is 29.2 Å². The van der Waals surface area contributed by atoms with Gasteiger partial charge in [-0.05, 0) is 52.7 Å². The Balaban J connectivity index is 1.10. The zero-order chi connectivity index (χ0) is 28.8. The van der Waals surface area contributed by atoms with Gasteiger partial charge >= 0.3 is 4.87 Å². The molecule has 2 N–H and O–H groups in total. The van der Waals surface area contributed by atoms with Crippen molar-refractivity contribution in [3.63, 3.8) is 0 Å².